The molecule has 1 heterocycles. The van der Waals surface area contributed by atoms with Gasteiger partial charge in [0.1, 0.15) is 5.82 Å². The highest BCUT2D eigenvalue weighted by Crippen LogP contribution is 2.35. The topological polar surface area (TPSA) is 42.0 Å². The summed E-state index contributed by atoms with van der Waals surface area (Å²) >= 11 is 1.51. The van der Waals surface area contributed by atoms with Crippen molar-refractivity contribution in [3.63, 3.8) is 0 Å². The Bertz CT molecular complexity index is 1300. The van der Waals surface area contributed by atoms with Gasteiger partial charge < -0.3 is 5.32 Å². The molecule has 1 aliphatic rings. The molecule has 3 nitrogen and oxygen atoms in total. The van der Waals surface area contributed by atoms with E-state index < -0.39 is 0 Å². The number of carbonyl (C=O) groups excluding carboxylic acids is 1. The van der Waals surface area contributed by atoms with Crippen LogP contribution in [0, 0.1) is 24.6 Å². The maximum atomic E-state index is 14.9. The van der Waals surface area contributed by atoms with Crippen molar-refractivity contribution in [1.29, 1.82) is 0 Å². The first-order chi connectivity index (χ1) is 15.5. The molecule has 0 bridgehead atoms. The minimum atomic E-state index is -0.335. The van der Waals surface area contributed by atoms with E-state index in [1.165, 1.54) is 17.4 Å². The maximum Gasteiger partial charge on any atom is 0.188 e. The van der Waals surface area contributed by atoms with Crippen molar-refractivity contribution >= 4 is 38.2 Å². The highest BCUT2D eigenvalue weighted by molar-refractivity contribution is 7.22. The summed E-state index contributed by atoms with van der Waals surface area (Å²) < 4.78 is 15.9. The fourth-order valence-corrected chi connectivity index (χ4v) is 5.58. The molecule has 1 saturated carbocycles. The van der Waals surface area contributed by atoms with Crippen LogP contribution in [0.15, 0.2) is 60.7 Å². The zero-order valence-corrected chi connectivity index (χ0v) is 19.0. The molecule has 5 rings (SSSR count). The number of fused-ring (bicyclic) bond motifs is 1. The minimum absolute atomic E-state index is 0.134. The largest absolute Gasteiger partial charge is 0.329 e. The van der Waals surface area contributed by atoms with E-state index in [9.17, 15) is 9.18 Å². The van der Waals surface area contributed by atoms with Crippen LogP contribution in [0.2, 0.25) is 0 Å². The van der Waals surface area contributed by atoms with Crippen molar-refractivity contribution in [2.45, 2.75) is 33.1 Å². The summed E-state index contributed by atoms with van der Waals surface area (Å²) in [5.74, 6) is 0.488. The molecule has 1 fully saturated rings. The first-order valence-corrected chi connectivity index (χ1v) is 11.9. The first-order valence-electron chi connectivity index (χ1n) is 11.1. The zero-order chi connectivity index (χ0) is 22.2. The number of halogens is 1. The Morgan fingerprint density at radius 2 is 1.84 bits per heavy atom. The SMILES string of the molecule is Cc1cccc2sc(Nc3ccc(-c4ccc(C(=O)[C@@H]5CCC[C@H]5C)cc4)cc3F)nc12. The summed E-state index contributed by atoms with van der Waals surface area (Å²) in [5, 5.41) is 3.79. The van der Waals surface area contributed by atoms with Crippen LogP contribution in [0.5, 0.6) is 0 Å². The van der Waals surface area contributed by atoms with Gasteiger partial charge in [-0.2, -0.15) is 0 Å². The Morgan fingerprint density at radius 1 is 1.06 bits per heavy atom. The monoisotopic (exact) mass is 444 g/mol. The molecule has 1 aromatic heterocycles. The number of Topliss-reactive ketones (excluding diaryl/α,β-unsaturated/α-hetero) is 1. The third-order valence-electron chi connectivity index (χ3n) is 6.53. The molecule has 0 spiro atoms. The second kappa shape index (κ2) is 8.47. The van der Waals surface area contributed by atoms with E-state index in [-0.39, 0.29) is 17.5 Å². The van der Waals surface area contributed by atoms with Crippen LogP contribution in [-0.2, 0) is 0 Å². The van der Waals surface area contributed by atoms with E-state index in [4.69, 9.17) is 0 Å². The fourth-order valence-electron chi connectivity index (χ4n) is 4.63. The van der Waals surface area contributed by atoms with Crippen molar-refractivity contribution in [1.82, 2.24) is 4.98 Å². The molecule has 3 aromatic carbocycles. The second-order valence-electron chi connectivity index (χ2n) is 8.72. The Balaban J connectivity index is 1.34. The van der Waals surface area contributed by atoms with Gasteiger partial charge in [0, 0.05) is 11.5 Å². The van der Waals surface area contributed by atoms with Gasteiger partial charge in [0.15, 0.2) is 10.9 Å². The lowest BCUT2D eigenvalue weighted by Gasteiger charge is -2.14. The lowest BCUT2D eigenvalue weighted by molar-refractivity contribution is 0.0897. The highest BCUT2D eigenvalue weighted by Gasteiger charge is 2.30. The third-order valence-corrected chi connectivity index (χ3v) is 7.47. The van der Waals surface area contributed by atoms with E-state index >= 15 is 0 Å². The third kappa shape index (κ3) is 3.93. The van der Waals surface area contributed by atoms with Crippen LogP contribution in [0.3, 0.4) is 0 Å². The molecule has 1 aliphatic carbocycles. The number of nitrogens with one attached hydrogen (secondary N) is 1. The number of ketones is 1. The van der Waals surface area contributed by atoms with Crippen molar-refractivity contribution < 1.29 is 9.18 Å². The minimum Gasteiger partial charge on any atom is -0.329 e. The average Bonchev–Trinajstić information content (AvgIpc) is 3.41. The van der Waals surface area contributed by atoms with E-state index in [0.29, 0.717) is 16.7 Å². The molecule has 0 aliphatic heterocycles. The number of aryl methyl sites for hydroxylation is 1. The second-order valence-corrected chi connectivity index (χ2v) is 9.75. The molecule has 0 unspecified atom stereocenters. The number of carbonyl (C=O) groups is 1. The van der Waals surface area contributed by atoms with Gasteiger partial charge in [0.25, 0.3) is 0 Å². The molecular formula is C27H25FN2OS. The number of anilines is 2. The Kier molecular flexibility index (Phi) is 5.51. The molecule has 162 valence electrons. The van der Waals surface area contributed by atoms with Gasteiger partial charge in [0.2, 0.25) is 0 Å². The smallest absolute Gasteiger partial charge is 0.188 e. The summed E-state index contributed by atoms with van der Waals surface area (Å²) in [6, 6.07) is 18.8. The molecule has 32 heavy (non-hydrogen) atoms. The van der Waals surface area contributed by atoms with Crippen LogP contribution < -0.4 is 5.32 Å². The number of hydrogen-bond donors (Lipinski definition) is 1. The summed E-state index contributed by atoms with van der Waals surface area (Å²) in [6.45, 7) is 4.19. The van der Waals surface area contributed by atoms with Gasteiger partial charge >= 0.3 is 0 Å². The zero-order valence-electron chi connectivity index (χ0n) is 18.2. The Morgan fingerprint density at radius 3 is 2.53 bits per heavy atom. The number of para-hydroxylation sites is 1. The lowest BCUT2D eigenvalue weighted by Crippen LogP contribution is -2.17. The van der Waals surface area contributed by atoms with Gasteiger partial charge in [-0.25, -0.2) is 9.37 Å². The van der Waals surface area contributed by atoms with Crippen molar-refractivity contribution in [3.05, 3.63) is 77.6 Å². The van der Waals surface area contributed by atoms with Gasteiger partial charge in [-0.3, -0.25) is 4.79 Å². The van der Waals surface area contributed by atoms with E-state index in [2.05, 4.69) is 17.2 Å². The van der Waals surface area contributed by atoms with Gasteiger partial charge in [-0.15, -0.1) is 0 Å². The van der Waals surface area contributed by atoms with E-state index in [1.807, 2.05) is 55.5 Å². The molecule has 5 heteroatoms. The molecule has 0 saturated heterocycles. The summed E-state index contributed by atoms with van der Waals surface area (Å²) in [6.07, 6.45) is 3.24. The number of rotatable bonds is 5. The van der Waals surface area contributed by atoms with Gasteiger partial charge in [-0.1, -0.05) is 67.1 Å². The molecule has 0 amide bonds. The predicted octanol–water partition coefficient (Wildman–Crippen LogP) is 7.77. The number of thiazole rings is 1. The molecular weight excluding hydrogens is 419 g/mol. The Hall–Kier alpha value is -3.05. The summed E-state index contributed by atoms with van der Waals surface area (Å²) in [4.78, 5) is 17.4. The van der Waals surface area contributed by atoms with E-state index in [1.54, 1.807) is 6.07 Å². The van der Waals surface area contributed by atoms with E-state index in [0.717, 1.165) is 51.7 Å². The van der Waals surface area contributed by atoms with Crippen LogP contribution in [0.1, 0.15) is 42.1 Å². The molecule has 0 radical (unpaired) electrons. The summed E-state index contributed by atoms with van der Waals surface area (Å²) in [7, 11) is 0. The van der Waals surface area contributed by atoms with Crippen LogP contribution in [0.4, 0.5) is 15.2 Å². The first kappa shape index (κ1) is 20.8. The molecule has 1 N–H and O–H groups in total. The number of aromatic nitrogens is 1. The quantitative estimate of drug-likeness (QED) is 0.320. The molecule has 2 atom stereocenters. The van der Waals surface area contributed by atoms with Gasteiger partial charge in [0.05, 0.1) is 15.9 Å². The predicted molar refractivity (Wildman–Crippen MR) is 130 cm³/mol. The van der Waals surface area contributed by atoms with Crippen LogP contribution in [0.25, 0.3) is 21.3 Å². The maximum absolute atomic E-state index is 14.9. The van der Waals surface area contributed by atoms with Crippen molar-refractivity contribution in [3.8, 4) is 11.1 Å². The number of nitrogens with zero attached hydrogens (tertiary/aromatic N) is 1. The van der Waals surface area contributed by atoms with Crippen LogP contribution in [-0.4, -0.2) is 10.8 Å². The lowest BCUT2D eigenvalue weighted by atomic mass is 9.89. The number of benzene rings is 3. The molecule has 4 aromatic rings. The van der Waals surface area contributed by atoms with Crippen molar-refractivity contribution in [2.24, 2.45) is 11.8 Å². The van der Waals surface area contributed by atoms with Crippen molar-refractivity contribution in [2.75, 3.05) is 5.32 Å². The standard InChI is InChI=1S/C27H25FN2OS/c1-16-5-3-7-21(16)26(31)19-11-9-18(10-12-19)20-13-14-23(22(28)15-20)29-27-30-25-17(2)6-4-8-24(25)32-27/h4,6,8-16,21H,3,5,7H2,1-2H3,(H,29,30)/t16-,21-/m1/s1. The van der Waals surface area contributed by atoms with Crippen LogP contribution >= 0.6 is 11.3 Å². The summed E-state index contributed by atoms with van der Waals surface area (Å²) in [5.41, 5.74) is 4.86. The fraction of sp³-hybridized carbons (Fsp3) is 0.259. The number of hydrogen-bond acceptors (Lipinski definition) is 4. The van der Waals surface area contributed by atoms with Gasteiger partial charge in [-0.05, 0) is 60.6 Å². The average molecular weight is 445 g/mol. The normalized spacial score (nSPS) is 18.2. The highest BCUT2D eigenvalue weighted by atomic mass is 32.1. The Labute approximate surface area is 191 Å².